The van der Waals surface area contributed by atoms with Gasteiger partial charge in [-0.2, -0.15) is 0 Å². The van der Waals surface area contributed by atoms with Gasteiger partial charge in [0.25, 0.3) is 5.91 Å². The molecule has 0 aliphatic carbocycles. The summed E-state index contributed by atoms with van der Waals surface area (Å²) >= 11 is 13.8. The maximum atomic E-state index is 12.1. The van der Waals surface area contributed by atoms with Gasteiger partial charge in [0.15, 0.2) is 0 Å². The number of nitrogens with one attached hydrogen (secondary N) is 1. The van der Waals surface area contributed by atoms with Crippen LogP contribution in [0.15, 0.2) is 32.5 Å². The van der Waals surface area contributed by atoms with Crippen LogP contribution in [-0.4, -0.2) is 11.8 Å². The summed E-state index contributed by atoms with van der Waals surface area (Å²) in [6.45, 7) is 0. The Labute approximate surface area is 140 Å². The van der Waals surface area contributed by atoms with E-state index in [1.807, 2.05) is 0 Å². The topological polar surface area (TPSA) is 72.2 Å². The number of halogens is 3. The summed E-state index contributed by atoms with van der Waals surface area (Å²) in [5.74, 6) is -0.924. The summed E-state index contributed by atoms with van der Waals surface area (Å²) in [4.78, 5) is 23.8. The molecule has 0 aliphatic rings. The first-order valence-corrected chi connectivity index (χ1v) is 8.02. The average Bonchev–Trinajstić information content (AvgIpc) is 2.72. The smallest absolute Gasteiger partial charge is 0.265 e. The fraction of sp³-hybridized carbons (Fsp3) is 0. The van der Waals surface area contributed by atoms with Gasteiger partial charge in [-0.05, 0) is 56.1 Å². The molecule has 4 nitrogen and oxygen atoms in total. The van der Waals surface area contributed by atoms with Crippen LogP contribution in [0.1, 0.15) is 20.0 Å². The average molecular weight is 439 g/mol. The Morgan fingerprint density at radius 2 is 1.95 bits per heavy atom. The number of amides is 2. The van der Waals surface area contributed by atoms with Crippen molar-refractivity contribution >= 4 is 72.3 Å². The van der Waals surface area contributed by atoms with Crippen LogP contribution >= 0.6 is 54.8 Å². The van der Waals surface area contributed by atoms with Gasteiger partial charge < -0.3 is 11.1 Å². The predicted molar refractivity (Wildman–Crippen MR) is 87.6 cm³/mol. The Bertz CT molecular complexity index is 683. The van der Waals surface area contributed by atoms with E-state index in [1.165, 1.54) is 23.5 Å². The van der Waals surface area contributed by atoms with Gasteiger partial charge in [-0.3, -0.25) is 9.59 Å². The van der Waals surface area contributed by atoms with Gasteiger partial charge in [-0.15, -0.1) is 11.3 Å². The van der Waals surface area contributed by atoms with Gasteiger partial charge in [-0.1, -0.05) is 11.6 Å². The van der Waals surface area contributed by atoms with E-state index in [4.69, 9.17) is 17.3 Å². The molecule has 0 radical (unpaired) electrons. The minimum absolute atomic E-state index is 0.165. The lowest BCUT2D eigenvalue weighted by atomic mass is 10.2. The van der Waals surface area contributed by atoms with Crippen LogP contribution in [0.2, 0.25) is 5.02 Å². The first kappa shape index (κ1) is 15.5. The lowest BCUT2D eigenvalue weighted by Crippen LogP contribution is -2.14. The van der Waals surface area contributed by atoms with Crippen molar-refractivity contribution in [2.75, 3.05) is 5.32 Å². The molecule has 1 heterocycles. The highest BCUT2D eigenvalue weighted by Gasteiger charge is 2.14. The fourth-order valence-electron chi connectivity index (χ4n) is 1.44. The third-order valence-corrected chi connectivity index (χ3v) is 5.94. The molecule has 0 spiro atoms. The normalized spacial score (nSPS) is 10.3. The molecule has 8 heteroatoms. The van der Waals surface area contributed by atoms with Crippen LogP contribution in [0.5, 0.6) is 0 Å². The van der Waals surface area contributed by atoms with Crippen LogP contribution in [0.25, 0.3) is 0 Å². The Kier molecular flexibility index (Phi) is 4.85. The van der Waals surface area contributed by atoms with Gasteiger partial charge in [0.2, 0.25) is 5.91 Å². The number of primary amides is 1. The number of carbonyl (C=O) groups is 2. The van der Waals surface area contributed by atoms with E-state index in [9.17, 15) is 9.59 Å². The number of hydrogen-bond acceptors (Lipinski definition) is 3. The van der Waals surface area contributed by atoms with Crippen LogP contribution in [0, 0.1) is 0 Å². The van der Waals surface area contributed by atoms with Crippen molar-refractivity contribution in [2.45, 2.75) is 0 Å². The molecule has 1 aromatic heterocycles. The summed E-state index contributed by atoms with van der Waals surface area (Å²) < 4.78 is 1.64. The van der Waals surface area contributed by atoms with Gasteiger partial charge in [0.1, 0.15) is 0 Å². The van der Waals surface area contributed by atoms with Crippen molar-refractivity contribution in [3.05, 3.63) is 48.0 Å². The van der Waals surface area contributed by atoms with Crippen LogP contribution in [-0.2, 0) is 0 Å². The zero-order chi connectivity index (χ0) is 14.9. The van der Waals surface area contributed by atoms with E-state index in [0.29, 0.717) is 10.6 Å². The number of hydrogen-bond donors (Lipinski definition) is 2. The number of thiophene rings is 1. The van der Waals surface area contributed by atoms with Crippen molar-refractivity contribution in [2.24, 2.45) is 5.73 Å². The molecule has 0 saturated heterocycles. The van der Waals surface area contributed by atoms with E-state index in [2.05, 4.69) is 37.2 Å². The molecule has 2 amide bonds. The molecule has 0 unspecified atom stereocenters. The highest BCUT2D eigenvalue weighted by Crippen LogP contribution is 2.32. The summed E-state index contributed by atoms with van der Waals surface area (Å²) in [6, 6.07) is 6.26. The van der Waals surface area contributed by atoms with Crippen molar-refractivity contribution in [3.63, 3.8) is 0 Å². The maximum Gasteiger partial charge on any atom is 0.265 e. The van der Waals surface area contributed by atoms with Gasteiger partial charge in [-0.25, -0.2) is 0 Å². The van der Waals surface area contributed by atoms with Crippen molar-refractivity contribution in [1.29, 1.82) is 0 Å². The first-order valence-electron chi connectivity index (χ1n) is 5.24. The number of carbonyl (C=O) groups excluding carboxylic acids is 2. The summed E-state index contributed by atoms with van der Waals surface area (Å²) in [5, 5.41) is 2.93. The summed E-state index contributed by atoms with van der Waals surface area (Å²) in [5.41, 5.74) is 5.82. The zero-order valence-corrected chi connectivity index (χ0v) is 14.5. The first-order chi connectivity index (χ1) is 9.38. The molecule has 0 bridgehead atoms. The molecular formula is C12H7Br2ClN2O2S. The van der Waals surface area contributed by atoms with Gasteiger partial charge in [0.05, 0.1) is 19.2 Å². The predicted octanol–water partition coefficient (Wildman–Crippen LogP) is 4.28. The maximum absolute atomic E-state index is 12.1. The number of rotatable bonds is 3. The minimum Gasteiger partial charge on any atom is -0.366 e. The Hall–Kier alpha value is -0.890. The van der Waals surface area contributed by atoms with Crippen LogP contribution < -0.4 is 11.1 Å². The van der Waals surface area contributed by atoms with Crippen molar-refractivity contribution in [1.82, 2.24) is 0 Å². The minimum atomic E-state index is -0.646. The fourth-order valence-corrected chi connectivity index (χ4v) is 3.58. The third-order valence-electron chi connectivity index (χ3n) is 2.36. The molecule has 0 saturated carbocycles. The molecular weight excluding hydrogens is 431 g/mol. The summed E-state index contributed by atoms with van der Waals surface area (Å²) in [7, 11) is 0. The molecule has 2 rings (SSSR count). The largest absolute Gasteiger partial charge is 0.366 e. The molecule has 104 valence electrons. The number of anilines is 1. The quantitative estimate of drug-likeness (QED) is 0.751. The standard InChI is InChI=1S/C12H7Br2ClN2O2S/c13-7-4-9(20-10(7)14)12(19)17-5-1-2-8(15)6(3-5)11(16)18/h1-4H,(H2,16,18)(H,17,19). The molecule has 1 aromatic carbocycles. The van der Waals surface area contributed by atoms with E-state index in [-0.39, 0.29) is 16.5 Å². The lowest BCUT2D eigenvalue weighted by Gasteiger charge is -2.06. The lowest BCUT2D eigenvalue weighted by molar-refractivity contribution is 0.0996. The Balaban J connectivity index is 2.24. The highest BCUT2D eigenvalue weighted by atomic mass is 79.9. The molecule has 20 heavy (non-hydrogen) atoms. The zero-order valence-electron chi connectivity index (χ0n) is 9.75. The monoisotopic (exact) mass is 436 g/mol. The van der Waals surface area contributed by atoms with E-state index >= 15 is 0 Å². The van der Waals surface area contributed by atoms with Crippen LogP contribution in [0.3, 0.4) is 0 Å². The Morgan fingerprint density at radius 3 is 2.50 bits per heavy atom. The second-order valence-corrected chi connectivity index (χ2v) is 7.38. The highest BCUT2D eigenvalue weighted by molar-refractivity contribution is 9.13. The van der Waals surface area contributed by atoms with E-state index in [1.54, 1.807) is 12.1 Å². The van der Waals surface area contributed by atoms with Gasteiger partial charge >= 0.3 is 0 Å². The third kappa shape index (κ3) is 3.41. The van der Waals surface area contributed by atoms with E-state index in [0.717, 1.165) is 8.26 Å². The second-order valence-electron chi connectivity index (χ2n) is 3.75. The molecule has 0 fully saturated rings. The number of nitrogens with two attached hydrogens (primary N) is 1. The summed E-state index contributed by atoms with van der Waals surface area (Å²) in [6.07, 6.45) is 0. The SMILES string of the molecule is NC(=O)c1cc(NC(=O)c2cc(Br)c(Br)s2)ccc1Cl. The molecule has 3 N–H and O–H groups in total. The van der Waals surface area contributed by atoms with E-state index < -0.39 is 5.91 Å². The molecule has 2 aromatic rings. The Morgan fingerprint density at radius 1 is 1.25 bits per heavy atom. The van der Waals surface area contributed by atoms with Crippen molar-refractivity contribution < 1.29 is 9.59 Å². The molecule has 0 atom stereocenters. The molecule has 0 aliphatic heterocycles. The number of benzene rings is 1. The second kappa shape index (κ2) is 6.26. The van der Waals surface area contributed by atoms with Crippen LogP contribution in [0.4, 0.5) is 5.69 Å². The van der Waals surface area contributed by atoms with Crippen molar-refractivity contribution in [3.8, 4) is 0 Å². The van der Waals surface area contributed by atoms with Gasteiger partial charge in [0, 0.05) is 10.2 Å².